The molecule has 1 aromatic heterocycles. The van der Waals surface area contributed by atoms with Crippen LogP contribution in [-0.2, 0) is 0 Å². The van der Waals surface area contributed by atoms with Gasteiger partial charge in [0, 0.05) is 18.7 Å². The van der Waals surface area contributed by atoms with E-state index >= 15 is 0 Å². The first kappa shape index (κ1) is 13.0. The highest BCUT2D eigenvalue weighted by Crippen LogP contribution is 2.24. The van der Waals surface area contributed by atoms with E-state index in [1.165, 1.54) is 6.92 Å². The molecular formula is C15H17NO. The Kier molecular flexibility index (Phi) is 4.05. The summed E-state index contributed by atoms with van der Waals surface area (Å²) in [5, 5.41) is 0. The molecule has 0 spiro atoms. The topological polar surface area (TPSA) is 32.9 Å². The third-order valence-electron chi connectivity index (χ3n) is 2.38. The molecule has 17 heavy (non-hydrogen) atoms. The number of allylic oxidation sites excluding steroid dienone is 5. The fraction of sp³-hybridized carbons (Fsp3) is 0.133. The summed E-state index contributed by atoms with van der Waals surface area (Å²) < 4.78 is 0. The number of hydrogen-bond acceptors (Lipinski definition) is 1. The molecule has 0 saturated carbocycles. The van der Waals surface area contributed by atoms with Crippen LogP contribution in [0, 0.1) is 0 Å². The number of ketones is 1. The lowest BCUT2D eigenvalue weighted by atomic mass is 9.99. The van der Waals surface area contributed by atoms with E-state index in [9.17, 15) is 4.79 Å². The number of Topliss-reactive ketones (excluding diaryl/α,β-unsaturated/α-hetero) is 1. The van der Waals surface area contributed by atoms with Gasteiger partial charge in [-0.3, -0.25) is 4.79 Å². The molecule has 0 aromatic carbocycles. The van der Waals surface area contributed by atoms with Crippen LogP contribution in [0.25, 0.3) is 5.57 Å². The van der Waals surface area contributed by atoms with E-state index in [4.69, 9.17) is 0 Å². The molecule has 1 heterocycles. The molecule has 88 valence electrons. The molecule has 1 aromatic rings. The molecule has 0 aliphatic carbocycles. The number of nitrogens with one attached hydrogen (secondary N) is 1. The smallest absolute Gasteiger partial charge is 0.176 e. The second kappa shape index (κ2) is 5.30. The maximum absolute atomic E-state index is 11.4. The van der Waals surface area contributed by atoms with Crippen molar-refractivity contribution in [2.45, 2.75) is 13.8 Å². The van der Waals surface area contributed by atoms with Gasteiger partial charge >= 0.3 is 0 Å². The Morgan fingerprint density at radius 1 is 1.24 bits per heavy atom. The molecule has 0 radical (unpaired) electrons. The van der Waals surface area contributed by atoms with E-state index in [0.717, 1.165) is 22.3 Å². The summed E-state index contributed by atoms with van der Waals surface area (Å²) in [4.78, 5) is 14.3. The number of rotatable bonds is 5. The van der Waals surface area contributed by atoms with Gasteiger partial charge in [-0.15, -0.1) is 0 Å². The summed E-state index contributed by atoms with van der Waals surface area (Å²) in [5.74, 6) is -0.0113. The van der Waals surface area contributed by atoms with E-state index < -0.39 is 0 Å². The van der Waals surface area contributed by atoms with Crippen LogP contribution in [0.15, 0.2) is 55.3 Å². The second-order valence-electron chi connectivity index (χ2n) is 4.01. The van der Waals surface area contributed by atoms with Crippen molar-refractivity contribution in [1.29, 1.82) is 0 Å². The molecule has 2 nitrogen and oxygen atoms in total. The number of hydrogen-bond donors (Lipinski definition) is 1. The van der Waals surface area contributed by atoms with Gasteiger partial charge in [0.05, 0.1) is 5.69 Å². The van der Waals surface area contributed by atoms with Crippen LogP contribution in [0.1, 0.15) is 29.9 Å². The van der Waals surface area contributed by atoms with Gasteiger partial charge in [-0.2, -0.15) is 0 Å². The number of aromatic nitrogens is 1. The number of aromatic amines is 1. The van der Waals surface area contributed by atoms with Gasteiger partial charge in [-0.05, 0) is 24.1 Å². The van der Waals surface area contributed by atoms with Crippen molar-refractivity contribution in [2.24, 2.45) is 0 Å². The van der Waals surface area contributed by atoms with Crippen molar-refractivity contribution < 1.29 is 4.79 Å². The monoisotopic (exact) mass is 227 g/mol. The van der Waals surface area contributed by atoms with Gasteiger partial charge in [0.15, 0.2) is 5.78 Å². The number of H-pyrrole nitrogens is 1. The Bertz CT molecular complexity index is 515. The zero-order valence-corrected chi connectivity index (χ0v) is 10.3. The van der Waals surface area contributed by atoms with E-state index in [2.05, 4.69) is 24.7 Å². The van der Waals surface area contributed by atoms with Crippen molar-refractivity contribution in [1.82, 2.24) is 4.98 Å². The molecule has 2 heteroatoms. The zero-order valence-electron chi connectivity index (χ0n) is 10.3. The average Bonchev–Trinajstić information content (AvgIpc) is 2.73. The molecule has 0 saturated heterocycles. The van der Waals surface area contributed by atoms with Gasteiger partial charge in [-0.25, -0.2) is 0 Å². The molecule has 0 unspecified atom stereocenters. The zero-order chi connectivity index (χ0) is 13.0. The van der Waals surface area contributed by atoms with Crippen molar-refractivity contribution >= 4 is 11.4 Å². The third-order valence-corrected chi connectivity index (χ3v) is 2.38. The highest BCUT2D eigenvalue weighted by atomic mass is 16.1. The van der Waals surface area contributed by atoms with Crippen molar-refractivity contribution in [3.8, 4) is 0 Å². The van der Waals surface area contributed by atoms with Gasteiger partial charge in [0.25, 0.3) is 0 Å². The lowest BCUT2D eigenvalue weighted by Crippen LogP contribution is -1.97. The predicted octanol–water partition coefficient (Wildman–Crippen LogP) is 3.92. The SMILES string of the molecule is C=C(C)C=CC(=C)C(=C)c1cc[nH]c1C(C)=O. The first-order valence-corrected chi connectivity index (χ1v) is 5.34. The minimum Gasteiger partial charge on any atom is -0.358 e. The Morgan fingerprint density at radius 3 is 2.41 bits per heavy atom. The number of carbonyl (C=O) groups excluding carboxylic acids is 1. The molecule has 0 aliphatic rings. The second-order valence-corrected chi connectivity index (χ2v) is 4.01. The van der Waals surface area contributed by atoms with E-state index in [0.29, 0.717) is 5.69 Å². The summed E-state index contributed by atoms with van der Waals surface area (Å²) in [7, 11) is 0. The van der Waals surface area contributed by atoms with Crippen LogP contribution >= 0.6 is 0 Å². The van der Waals surface area contributed by atoms with Crippen LogP contribution in [0.3, 0.4) is 0 Å². The van der Waals surface area contributed by atoms with E-state index in [1.54, 1.807) is 6.20 Å². The first-order valence-electron chi connectivity index (χ1n) is 5.34. The highest BCUT2D eigenvalue weighted by molar-refractivity contribution is 5.99. The van der Waals surface area contributed by atoms with Crippen molar-refractivity contribution in [3.05, 3.63) is 66.6 Å². The van der Waals surface area contributed by atoms with E-state index in [-0.39, 0.29) is 5.78 Å². The lowest BCUT2D eigenvalue weighted by molar-refractivity contribution is 0.101. The Balaban J connectivity index is 2.97. The van der Waals surface area contributed by atoms with Gasteiger partial charge in [0.1, 0.15) is 0 Å². The fourth-order valence-electron chi connectivity index (χ4n) is 1.43. The molecule has 0 bridgehead atoms. The molecule has 0 atom stereocenters. The highest BCUT2D eigenvalue weighted by Gasteiger charge is 2.11. The van der Waals surface area contributed by atoms with E-state index in [1.807, 2.05) is 25.1 Å². The summed E-state index contributed by atoms with van der Waals surface area (Å²) >= 11 is 0. The molecule has 1 N–H and O–H groups in total. The van der Waals surface area contributed by atoms with Crippen LogP contribution in [0.2, 0.25) is 0 Å². The van der Waals surface area contributed by atoms with Crippen LogP contribution in [0.4, 0.5) is 0 Å². The Labute approximate surface area is 102 Å². The molecular weight excluding hydrogens is 210 g/mol. The third kappa shape index (κ3) is 3.18. The maximum Gasteiger partial charge on any atom is 0.176 e. The summed E-state index contributed by atoms with van der Waals surface area (Å²) in [6, 6.07) is 1.83. The van der Waals surface area contributed by atoms with Crippen LogP contribution in [0.5, 0.6) is 0 Å². The van der Waals surface area contributed by atoms with Crippen LogP contribution < -0.4 is 0 Å². The minimum absolute atomic E-state index is 0.0113. The van der Waals surface area contributed by atoms with Gasteiger partial charge < -0.3 is 4.98 Å². The lowest BCUT2D eigenvalue weighted by Gasteiger charge is -2.05. The minimum atomic E-state index is -0.0113. The normalized spacial score (nSPS) is 10.5. The molecule has 0 fully saturated rings. The number of carbonyl (C=O) groups is 1. The summed E-state index contributed by atoms with van der Waals surface area (Å²) in [5.41, 5.74) is 3.83. The summed E-state index contributed by atoms with van der Waals surface area (Å²) in [6.07, 6.45) is 5.45. The molecule has 1 rings (SSSR count). The Hall–Kier alpha value is -2.09. The van der Waals surface area contributed by atoms with Crippen molar-refractivity contribution in [3.63, 3.8) is 0 Å². The first-order chi connectivity index (χ1) is 7.93. The quantitative estimate of drug-likeness (QED) is 0.600. The largest absolute Gasteiger partial charge is 0.358 e. The maximum atomic E-state index is 11.4. The fourth-order valence-corrected chi connectivity index (χ4v) is 1.43. The predicted molar refractivity (Wildman–Crippen MR) is 72.9 cm³/mol. The molecule has 0 aliphatic heterocycles. The summed E-state index contributed by atoms with van der Waals surface area (Å²) in [6.45, 7) is 15.1. The van der Waals surface area contributed by atoms with Gasteiger partial charge in [0.2, 0.25) is 0 Å². The Morgan fingerprint density at radius 2 is 1.88 bits per heavy atom. The van der Waals surface area contributed by atoms with Gasteiger partial charge in [-0.1, -0.05) is 37.5 Å². The average molecular weight is 227 g/mol. The van der Waals surface area contributed by atoms with Crippen molar-refractivity contribution in [2.75, 3.05) is 0 Å². The molecule has 0 amide bonds. The van der Waals surface area contributed by atoms with Crippen LogP contribution in [-0.4, -0.2) is 10.8 Å². The standard InChI is InChI=1S/C15H17NO/c1-10(2)6-7-11(3)12(4)14-8-9-16-15(14)13(5)17/h6-9,16H,1,3-4H2,2,5H3.